The van der Waals surface area contributed by atoms with Gasteiger partial charge in [-0.1, -0.05) is 0 Å². The van der Waals surface area contributed by atoms with Crippen molar-refractivity contribution in [2.45, 2.75) is 38.3 Å². The lowest BCUT2D eigenvalue weighted by Crippen LogP contribution is -2.29. The summed E-state index contributed by atoms with van der Waals surface area (Å²) in [6, 6.07) is -0.230. The Bertz CT molecular complexity index is 447. The number of alkyl halides is 2. The molecule has 2 atom stereocenters. The van der Waals surface area contributed by atoms with E-state index < -0.39 is 24.4 Å². The molecule has 1 aromatic rings. The molecule has 2 rings (SSSR count). The van der Waals surface area contributed by atoms with Gasteiger partial charge in [-0.3, -0.25) is 0 Å². The Morgan fingerprint density at radius 3 is 2.89 bits per heavy atom. The van der Waals surface area contributed by atoms with Crippen molar-refractivity contribution in [3.8, 4) is 0 Å². The number of hydrogen-bond acceptors (Lipinski definition) is 5. The van der Waals surface area contributed by atoms with Gasteiger partial charge in [0.25, 0.3) is 0 Å². The monoisotopic (exact) mass is 260 g/mol. The molecule has 1 N–H and O–H groups in total. The molecule has 0 radical (unpaired) electrons. The van der Waals surface area contributed by atoms with Crippen LogP contribution in [0.25, 0.3) is 0 Å². The number of rotatable bonds is 4. The number of halogens is 2. The summed E-state index contributed by atoms with van der Waals surface area (Å²) in [7, 11) is 0. The maximum absolute atomic E-state index is 12.9. The molecule has 18 heavy (non-hydrogen) atoms. The first-order valence-corrected chi connectivity index (χ1v) is 5.63. The fourth-order valence-electron chi connectivity index (χ4n) is 1.73. The number of ether oxygens (including phenoxy) is 1. The van der Waals surface area contributed by atoms with E-state index in [1.807, 2.05) is 0 Å². The molecule has 100 valence electrons. The summed E-state index contributed by atoms with van der Waals surface area (Å²) in [6.07, 6.45) is 0.180. The van der Waals surface area contributed by atoms with Crippen molar-refractivity contribution in [3.63, 3.8) is 0 Å². The summed E-state index contributed by atoms with van der Waals surface area (Å²) >= 11 is 0. The van der Waals surface area contributed by atoms with Crippen molar-refractivity contribution in [1.82, 2.24) is 10.3 Å². The molecule has 2 heterocycles. The van der Waals surface area contributed by atoms with E-state index in [0.29, 0.717) is 11.7 Å². The van der Waals surface area contributed by atoms with Gasteiger partial charge in [-0.25, -0.2) is 9.78 Å². The fraction of sp³-hybridized carbons (Fsp3) is 0.636. The molecular formula is C11H14F2N2O3. The van der Waals surface area contributed by atoms with E-state index in [4.69, 9.17) is 4.42 Å². The minimum atomic E-state index is -3.37. The average Bonchev–Trinajstić information content (AvgIpc) is 2.81. The lowest BCUT2D eigenvalue weighted by molar-refractivity contribution is -0.159. The van der Waals surface area contributed by atoms with Crippen molar-refractivity contribution >= 4 is 5.97 Å². The number of carbonyl (C=O) groups is 1. The second kappa shape index (κ2) is 4.64. The lowest BCUT2D eigenvalue weighted by atomic mass is 10.2. The Hall–Kier alpha value is -1.50. The van der Waals surface area contributed by atoms with E-state index in [-0.39, 0.29) is 12.6 Å². The number of aryl methyl sites for hydroxylation is 1. The van der Waals surface area contributed by atoms with Gasteiger partial charge in [-0.2, -0.15) is 8.78 Å². The smallest absolute Gasteiger partial charge is 0.377 e. The molecule has 2 unspecified atom stereocenters. The van der Waals surface area contributed by atoms with Crippen molar-refractivity contribution in [2.24, 2.45) is 0 Å². The van der Waals surface area contributed by atoms with Crippen LogP contribution in [0.4, 0.5) is 8.78 Å². The predicted molar refractivity (Wildman–Crippen MR) is 57.1 cm³/mol. The first-order chi connectivity index (χ1) is 8.38. The standard InChI is InChI=1S/C11H14F2N2O3/c1-6-4-15-9(17-6)7(2)14-5-8-3-11(12,13)10(16)18-8/h4,7-8,14H,3,5H2,1-2H3. The van der Waals surface area contributed by atoms with Crippen LogP contribution < -0.4 is 5.32 Å². The quantitative estimate of drug-likeness (QED) is 0.833. The van der Waals surface area contributed by atoms with Crippen molar-refractivity contribution in [1.29, 1.82) is 0 Å². The Balaban J connectivity index is 1.84. The molecule has 0 amide bonds. The molecule has 0 spiro atoms. The third-order valence-corrected chi connectivity index (χ3v) is 2.72. The van der Waals surface area contributed by atoms with Crippen molar-refractivity contribution in [2.75, 3.05) is 6.54 Å². The van der Waals surface area contributed by atoms with Crippen molar-refractivity contribution < 1.29 is 22.7 Å². The zero-order valence-corrected chi connectivity index (χ0v) is 10.1. The number of carbonyl (C=O) groups excluding carboxylic acids is 1. The number of aromatic nitrogens is 1. The first kappa shape index (κ1) is 12.9. The highest BCUT2D eigenvalue weighted by Gasteiger charge is 2.50. The molecule has 1 aliphatic rings. The Kier molecular flexibility index (Phi) is 3.34. The molecule has 5 nitrogen and oxygen atoms in total. The summed E-state index contributed by atoms with van der Waals surface area (Å²) in [5.74, 6) is -3.66. The van der Waals surface area contributed by atoms with Crippen LogP contribution in [0.5, 0.6) is 0 Å². The molecular weight excluding hydrogens is 246 g/mol. The Morgan fingerprint density at radius 2 is 2.39 bits per heavy atom. The van der Waals surface area contributed by atoms with Gasteiger partial charge in [0.1, 0.15) is 11.9 Å². The number of nitrogens with zero attached hydrogens (tertiary/aromatic N) is 1. The third-order valence-electron chi connectivity index (χ3n) is 2.72. The van der Waals surface area contributed by atoms with Gasteiger partial charge in [0.15, 0.2) is 0 Å². The topological polar surface area (TPSA) is 64.4 Å². The van der Waals surface area contributed by atoms with Crippen LogP contribution >= 0.6 is 0 Å². The van der Waals surface area contributed by atoms with Crippen LogP contribution in [-0.4, -0.2) is 29.5 Å². The lowest BCUT2D eigenvalue weighted by Gasteiger charge is -2.13. The number of nitrogens with one attached hydrogen (secondary N) is 1. The maximum atomic E-state index is 12.9. The number of oxazole rings is 1. The largest absolute Gasteiger partial charge is 0.456 e. The number of cyclic esters (lactones) is 1. The van der Waals surface area contributed by atoms with E-state index in [0.717, 1.165) is 0 Å². The highest BCUT2D eigenvalue weighted by Crippen LogP contribution is 2.30. The highest BCUT2D eigenvalue weighted by molar-refractivity contribution is 5.79. The summed E-state index contributed by atoms with van der Waals surface area (Å²) in [5.41, 5.74) is 0. The van der Waals surface area contributed by atoms with Gasteiger partial charge in [0.05, 0.1) is 18.7 Å². The van der Waals surface area contributed by atoms with Gasteiger partial charge >= 0.3 is 11.9 Å². The van der Waals surface area contributed by atoms with E-state index in [1.54, 1.807) is 20.0 Å². The van der Waals surface area contributed by atoms with Crippen molar-refractivity contribution in [3.05, 3.63) is 17.8 Å². The van der Waals surface area contributed by atoms with Crippen LogP contribution in [0.2, 0.25) is 0 Å². The average molecular weight is 260 g/mol. The summed E-state index contributed by atoms with van der Waals surface area (Å²) in [5, 5.41) is 2.95. The molecule has 1 fully saturated rings. The van der Waals surface area contributed by atoms with Gasteiger partial charge in [0, 0.05) is 6.54 Å². The zero-order chi connectivity index (χ0) is 13.3. The van der Waals surface area contributed by atoms with Crippen LogP contribution in [0, 0.1) is 6.92 Å². The molecule has 0 bridgehead atoms. The van der Waals surface area contributed by atoms with E-state index in [9.17, 15) is 13.6 Å². The number of hydrogen-bond donors (Lipinski definition) is 1. The van der Waals surface area contributed by atoms with Gasteiger partial charge in [-0.15, -0.1) is 0 Å². The molecule has 1 aliphatic heterocycles. The van der Waals surface area contributed by atoms with Gasteiger partial charge in [-0.05, 0) is 13.8 Å². The minimum Gasteiger partial charge on any atom is -0.456 e. The SMILES string of the molecule is Cc1cnc(C(C)NCC2CC(F)(F)C(=O)O2)o1. The van der Waals surface area contributed by atoms with Crippen LogP contribution in [0.15, 0.2) is 10.6 Å². The highest BCUT2D eigenvalue weighted by atomic mass is 19.3. The summed E-state index contributed by atoms with van der Waals surface area (Å²) < 4.78 is 35.7. The van der Waals surface area contributed by atoms with Gasteiger partial charge in [0.2, 0.25) is 5.89 Å². The van der Waals surface area contributed by atoms with E-state index in [1.165, 1.54) is 0 Å². The second-order valence-electron chi connectivity index (χ2n) is 4.37. The van der Waals surface area contributed by atoms with E-state index in [2.05, 4.69) is 15.0 Å². The first-order valence-electron chi connectivity index (χ1n) is 5.63. The van der Waals surface area contributed by atoms with Crippen LogP contribution in [0.3, 0.4) is 0 Å². The number of esters is 1. The second-order valence-corrected chi connectivity index (χ2v) is 4.37. The van der Waals surface area contributed by atoms with Gasteiger partial charge < -0.3 is 14.5 Å². The summed E-state index contributed by atoms with van der Waals surface area (Å²) in [6.45, 7) is 3.70. The minimum absolute atomic E-state index is 0.143. The molecule has 0 saturated carbocycles. The molecule has 0 aliphatic carbocycles. The molecule has 1 saturated heterocycles. The molecule has 1 aromatic heterocycles. The third kappa shape index (κ3) is 2.66. The Morgan fingerprint density at radius 1 is 1.67 bits per heavy atom. The normalized spacial score (nSPS) is 24.0. The van der Waals surface area contributed by atoms with Crippen LogP contribution in [0.1, 0.15) is 31.0 Å². The summed E-state index contributed by atoms with van der Waals surface area (Å²) in [4.78, 5) is 14.8. The molecule has 0 aromatic carbocycles. The predicted octanol–water partition coefficient (Wildman–Crippen LogP) is 1.58. The maximum Gasteiger partial charge on any atom is 0.377 e. The Labute approximate surface area is 103 Å². The molecule has 7 heteroatoms. The van der Waals surface area contributed by atoms with E-state index >= 15 is 0 Å². The fourth-order valence-corrected chi connectivity index (χ4v) is 1.73. The van der Waals surface area contributed by atoms with Crippen LogP contribution in [-0.2, 0) is 9.53 Å². The zero-order valence-electron chi connectivity index (χ0n) is 10.1.